The molecule has 0 radical (unpaired) electrons. The second-order valence-corrected chi connectivity index (χ2v) is 9.30. The van der Waals surface area contributed by atoms with Crippen LogP contribution < -0.4 is 4.90 Å². The summed E-state index contributed by atoms with van der Waals surface area (Å²) in [4.78, 5) is 19.9. The smallest absolute Gasteiger partial charge is 0.225 e. The van der Waals surface area contributed by atoms with E-state index in [2.05, 4.69) is 16.8 Å². The Labute approximate surface area is 196 Å². The zero-order valence-corrected chi connectivity index (χ0v) is 20.1. The van der Waals surface area contributed by atoms with Gasteiger partial charge in [-0.25, -0.2) is 9.07 Å². The first-order chi connectivity index (χ1) is 16.0. The molecule has 1 amide bonds. The van der Waals surface area contributed by atoms with Crippen LogP contribution in [-0.2, 0) is 16.1 Å². The third-order valence-electron chi connectivity index (χ3n) is 6.90. The highest BCUT2D eigenvalue weighted by atomic mass is 19.1. The SMILES string of the molecule is COCCCN(Cc1c(C)nn(-c2cccc(F)c2)c1N1CCN(C)CC1)C(=O)C1CCC1. The van der Waals surface area contributed by atoms with Gasteiger partial charge in [0.05, 0.1) is 17.9 Å². The summed E-state index contributed by atoms with van der Waals surface area (Å²) in [5.74, 6) is 1.06. The predicted molar refractivity (Wildman–Crippen MR) is 127 cm³/mol. The summed E-state index contributed by atoms with van der Waals surface area (Å²) in [7, 11) is 3.82. The van der Waals surface area contributed by atoms with Gasteiger partial charge in [0.15, 0.2) is 0 Å². The first-order valence-corrected chi connectivity index (χ1v) is 12.0. The highest BCUT2D eigenvalue weighted by Gasteiger charge is 2.32. The van der Waals surface area contributed by atoms with Crippen molar-refractivity contribution in [1.29, 1.82) is 0 Å². The summed E-state index contributed by atoms with van der Waals surface area (Å²) in [6, 6.07) is 6.57. The van der Waals surface area contributed by atoms with Crippen LogP contribution in [0, 0.1) is 18.7 Å². The van der Waals surface area contributed by atoms with Gasteiger partial charge >= 0.3 is 0 Å². The number of ether oxygens (including phenoxy) is 1. The van der Waals surface area contributed by atoms with Crippen LogP contribution in [0.25, 0.3) is 5.69 Å². The molecule has 180 valence electrons. The molecule has 7 nitrogen and oxygen atoms in total. The van der Waals surface area contributed by atoms with Crippen molar-refractivity contribution < 1.29 is 13.9 Å². The van der Waals surface area contributed by atoms with Crippen molar-refractivity contribution in [2.75, 3.05) is 58.4 Å². The zero-order chi connectivity index (χ0) is 23.4. The van der Waals surface area contributed by atoms with E-state index in [1.807, 2.05) is 22.6 Å². The number of likely N-dealkylation sites (N-methyl/N-ethyl adjacent to an activating group) is 1. The number of benzene rings is 1. The third kappa shape index (κ3) is 5.38. The maximum Gasteiger partial charge on any atom is 0.225 e. The monoisotopic (exact) mass is 457 g/mol. The minimum atomic E-state index is -0.284. The lowest BCUT2D eigenvalue weighted by molar-refractivity contribution is -0.139. The molecule has 33 heavy (non-hydrogen) atoms. The fraction of sp³-hybridized carbons (Fsp3) is 0.600. The number of nitrogens with zero attached hydrogens (tertiary/aromatic N) is 5. The number of carbonyl (C=O) groups is 1. The minimum absolute atomic E-state index is 0.137. The standard InChI is InChI=1S/C25H36FN5O2/c1-19-23(18-30(11-6-16-33-3)25(32)20-7-4-8-20)24(29-14-12-28(2)13-15-29)31(27-19)22-10-5-9-21(26)17-22/h5,9-10,17,20H,4,6-8,11-16,18H2,1-3H3. The first-order valence-electron chi connectivity index (χ1n) is 12.0. The largest absolute Gasteiger partial charge is 0.385 e. The van der Waals surface area contributed by atoms with Gasteiger partial charge in [-0.05, 0) is 51.4 Å². The molecule has 0 atom stereocenters. The van der Waals surface area contributed by atoms with Gasteiger partial charge in [0, 0.05) is 57.9 Å². The molecule has 2 aliphatic rings. The van der Waals surface area contributed by atoms with Gasteiger partial charge in [0.2, 0.25) is 5.91 Å². The van der Waals surface area contributed by atoms with E-state index < -0.39 is 0 Å². The van der Waals surface area contributed by atoms with E-state index in [0.29, 0.717) is 25.4 Å². The summed E-state index contributed by atoms with van der Waals surface area (Å²) in [6.45, 7) is 7.43. The number of aryl methyl sites for hydroxylation is 1. The summed E-state index contributed by atoms with van der Waals surface area (Å²) in [5, 5.41) is 4.84. The van der Waals surface area contributed by atoms with Crippen molar-refractivity contribution >= 4 is 11.7 Å². The molecule has 0 bridgehead atoms. The van der Waals surface area contributed by atoms with Gasteiger partial charge in [-0.2, -0.15) is 5.10 Å². The molecule has 1 aliphatic carbocycles. The van der Waals surface area contributed by atoms with Crippen LogP contribution in [0.5, 0.6) is 0 Å². The number of anilines is 1. The van der Waals surface area contributed by atoms with Gasteiger partial charge < -0.3 is 19.4 Å². The van der Waals surface area contributed by atoms with E-state index >= 15 is 0 Å². The van der Waals surface area contributed by atoms with Gasteiger partial charge in [-0.15, -0.1) is 0 Å². The van der Waals surface area contributed by atoms with Crippen LogP contribution in [0.3, 0.4) is 0 Å². The molecule has 2 fully saturated rings. The van der Waals surface area contributed by atoms with Gasteiger partial charge in [0.1, 0.15) is 11.6 Å². The molecule has 1 saturated carbocycles. The van der Waals surface area contributed by atoms with Crippen molar-refractivity contribution in [3.05, 3.63) is 41.3 Å². The van der Waals surface area contributed by atoms with Gasteiger partial charge in [0.25, 0.3) is 0 Å². The van der Waals surface area contributed by atoms with Gasteiger partial charge in [-0.3, -0.25) is 4.79 Å². The molecule has 1 aromatic heterocycles. The molecular formula is C25H36FN5O2. The number of halogens is 1. The number of piperazine rings is 1. The molecule has 0 N–H and O–H groups in total. The molecule has 1 aliphatic heterocycles. The molecular weight excluding hydrogens is 421 g/mol. The van der Waals surface area contributed by atoms with E-state index in [-0.39, 0.29) is 17.6 Å². The predicted octanol–water partition coefficient (Wildman–Crippen LogP) is 3.24. The minimum Gasteiger partial charge on any atom is -0.385 e. The van der Waals surface area contributed by atoms with E-state index in [0.717, 1.165) is 68.9 Å². The molecule has 4 rings (SSSR count). The van der Waals surface area contributed by atoms with E-state index in [1.54, 1.807) is 13.2 Å². The number of amides is 1. The normalized spacial score (nSPS) is 17.3. The van der Waals surface area contributed by atoms with Crippen LogP contribution in [0.15, 0.2) is 24.3 Å². The molecule has 1 aromatic carbocycles. The zero-order valence-electron chi connectivity index (χ0n) is 20.1. The summed E-state index contributed by atoms with van der Waals surface area (Å²) in [5.41, 5.74) is 2.63. The maximum absolute atomic E-state index is 14.1. The Kier molecular flexibility index (Phi) is 7.65. The van der Waals surface area contributed by atoms with Crippen LogP contribution in [0.4, 0.5) is 10.2 Å². The average molecular weight is 458 g/mol. The topological polar surface area (TPSA) is 53.8 Å². The lowest BCUT2D eigenvalue weighted by Gasteiger charge is -2.36. The third-order valence-corrected chi connectivity index (χ3v) is 6.90. The number of aromatic nitrogens is 2. The highest BCUT2D eigenvalue weighted by Crippen LogP contribution is 2.32. The van der Waals surface area contributed by atoms with E-state index in [4.69, 9.17) is 9.84 Å². The van der Waals surface area contributed by atoms with Crippen LogP contribution >= 0.6 is 0 Å². The fourth-order valence-corrected chi connectivity index (χ4v) is 4.63. The fourth-order valence-electron chi connectivity index (χ4n) is 4.63. The Morgan fingerprint density at radius 3 is 2.64 bits per heavy atom. The molecule has 8 heteroatoms. The van der Waals surface area contributed by atoms with Crippen molar-refractivity contribution in [3.8, 4) is 5.69 Å². The highest BCUT2D eigenvalue weighted by molar-refractivity contribution is 5.80. The Balaban J connectivity index is 1.69. The van der Waals surface area contributed by atoms with E-state index in [9.17, 15) is 9.18 Å². The average Bonchev–Trinajstić information content (AvgIpc) is 3.08. The van der Waals surface area contributed by atoms with Crippen molar-refractivity contribution in [2.24, 2.45) is 5.92 Å². The van der Waals surface area contributed by atoms with E-state index in [1.165, 1.54) is 12.1 Å². The summed E-state index contributed by atoms with van der Waals surface area (Å²) < 4.78 is 21.2. The van der Waals surface area contributed by atoms with Crippen molar-refractivity contribution in [3.63, 3.8) is 0 Å². The second-order valence-electron chi connectivity index (χ2n) is 9.30. The molecule has 2 heterocycles. The number of hydrogen-bond donors (Lipinski definition) is 0. The lowest BCUT2D eigenvalue weighted by Crippen LogP contribution is -2.46. The molecule has 0 spiro atoms. The van der Waals surface area contributed by atoms with Gasteiger partial charge in [-0.1, -0.05) is 12.5 Å². The number of rotatable bonds is 9. The summed E-state index contributed by atoms with van der Waals surface area (Å²) in [6.07, 6.45) is 3.89. The Morgan fingerprint density at radius 1 is 1.24 bits per heavy atom. The van der Waals surface area contributed by atoms with Crippen molar-refractivity contribution in [1.82, 2.24) is 19.6 Å². The van der Waals surface area contributed by atoms with Crippen LogP contribution in [0.2, 0.25) is 0 Å². The Bertz CT molecular complexity index is 950. The first kappa shape index (κ1) is 23.7. The molecule has 2 aromatic rings. The maximum atomic E-state index is 14.1. The second kappa shape index (κ2) is 10.7. The summed E-state index contributed by atoms with van der Waals surface area (Å²) >= 11 is 0. The molecule has 0 unspecified atom stereocenters. The Morgan fingerprint density at radius 2 is 2.00 bits per heavy atom. The Hall–Kier alpha value is -2.45. The van der Waals surface area contributed by atoms with Crippen LogP contribution in [0.1, 0.15) is 36.9 Å². The number of hydrogen-bond acceptors (Lipinski definition) is 5. The number of carbonyl (C=O) groups excluding carboxylic acids is 1. The quantitative estimate of drug-likeness (QED) is 0.541. The number of methoxy groups -OCH3 is 1. The lowest BCUT2D eigenvalue weighted by atomic mass is 9.84. The van der Waals surface area contributed by atoms with Crippen LogP contribution in [-0.4, -0.2) is 79.0 Å². The molecule has 1 saturated heterocycles. The van der Waals surface area contributed by atoms with Crippen molar-refractivity contribution in [2.45, 2.75) is 39.2 Å².